The summed E-state index contributed by atoms with van der Waals surface area (Å²) in [5.41, 5.74) is 2.58. The quantitative estimate of drug-likeness (QED) is 0.713. The number of rotatable bonds is 1. The number of halogens is 1. The standard InChI is InChI=1S/C13H9ClN2O/c14-10-3-1-2-9(6-10)12-8-16-7-11(17)4-5-13(16)15-12/h1-8,17H. The predicted molar refractivity (Wildman–Crippen MR) is 67.3 cm³/mol. The van der Waals surface area contributed by atoms with E-state index in [9.17, 15) is 5.11 Å². The Kier molecular flexibility index (Phi) is 2.27. The van der Waals surface area contributed by atoms with Crippen molar-refractivity contribution in [3.05, 3.63) is 53.8 Å². The van der Waals surface area contributed by atoms with Crippen molar-refractivity contribution in [1.82, 2.24) is 9.38 Å². The SMILES string of the molecule is Oc1ccc2nc(-c3cccc(Cl)c3)cn2c1. The maximum atomic E-state index is 9.38. The van der Waals surface area contributed by atoms with Gasteiger partial charge in [-0.15, -0.1) is 0 Å². The summed E-state index contributed by atoms with van der Waals surface area (Å²) in [6.45, 7) is 0. The molecular formula is C13H9ClN2O. The van der Waals surface area contributed by atoms with Gasteiger partial charge in [0.05, 0.1) is 11.9 Å². The Morgan fingerprint density at radius 1 is 1.12 bits per heavy atom. The first kappa shape index (κ1) is 10.2. The Balaban J connectivity index is 2.18. The average Bonchev–Trinajstić information content (AvgIpc) is 2.72. The van der Waals surface area contributed by atoms with Gasteiger partial charge in [0, 0.05) is 16.8 Å². The molecule has 0 atom stereocenters. The smallest absolute Gasteiger partial charge is 0.137 e. The topological polar surface area (TPSA) is 37.5 Å². The molecule has 1 aromatic carbocycles. The average molecular weight is 245 g/mol. The highest BCUT2D eigenvalue weighted by Crippen LogP contribution is 2.23. The van der Waals surface area contributed by atoms with Crippen LogP contribution in [0.15, 0.2) is 48.8 Å². The molecule has 3 nitrogen and oxygen atoms in total. The number of imidazole rings is 1. The van der Waals surface area contributed by atoms with Gasteiger partial charge in [-0.3, -0.25) is 0 Å². The number of hydrogen-bond donors (Lipinski definition) is 1. The van der Waals surface area contributed by atoms with Gasteiger partial charge in [0.1, 0.15) is 11.4 Å². The van der Waals surface area contributed by atoms with Crippen LogP contribution in [0.2, 0.25) is 5.02 Å². The van der Waals surface area contributed by atoms with Crippen molar-refractivity contribution >= 4 is 17.2 Å². The number of aromatic hydroxyl groups is 1. The molecule has 0 aliphatic rings. The fourth-order valence-electron chi connectivity index (χ4n) is 1.77. The van der Waals surface area contributed by atoms with Gasteiger partial charge >= 0.3 is 0 Å². The number of fused-ring (bicyclic) bond motifs is 1. The van der Waals surface area contributed by atoms with Crippen molar-refractivity contribution in [3.63, 3.8) is 0 Å². The zero-order valence-corrected chi connectivity index (χ0v) is 9.59. The van der Waals surface area contributed by atoms with Gasteiger partial charge in [0.15, 0.2) is 0 Å². The molecule has 0 aliphatic heterocycles. The molecule has 0 amide bonds. The van der Waals surface area contributed by atoms with Gasteiger partial charge in [0.25, 0.3) is 0 Å². The van der Waals surface area contributed by atoms with Crippen LogP contribution < -0.4 is 0 Å². The molecule has 84 valence electrons. The minimum atomic E-state index is 0.215. The number of hydrogen-bond acceptors (Lipinski definition) is 2. The van der Waals surface area contributed by atoms with Crippen LogP contribution in [0.1, 0.15) is 0 Å². The number of aromatic nitrogens is 2. The molecule has 0 unspecified atom stereocenters. The zero-order chi connectivity index (χ0) is 11.8. The van der Waals surface area contributed by atoms with E-state index in [4.69, 9.17) is 11.6 Å². The van der Waals surface area contributed by atoms with E-state index in [0.717, 1.165) is 16.9 Å². The lowest BCUT2D eigenvalue weighted by molar-refractivity contribution is 0.472. The van der Waals surface area contributed by atoms with Crippen molar-refractivity contribution in [1.29, 1.82) is 0 Å². The highest BCUT2D eigenvalue weighted by Gasteiger charge is 2.04. The lowest BCUT2D eigenvalue weighted by atomic mass is 10.2. The van der Waals surface area contributed by atoms with E-state index in [-0.39, 0.29) is 5.75 Å². The molecule has 0 fully saturated rings. The summed E-state index contributed by atoms with van der Waals surface area (Å²) in [5.74, 6) is 0.215. The van der Waals surface area contributed by atoms with Gasteiger partial charge in [-0.25, -0.2) is 4.98 Å². The number of benzene rings is 1. The molecule has 2 aromatic heterocycles. The fourth-order valence-corrected chi connectivity index (χ4v) is 1.96. The molecule has 0 aliphatic carbocycles. The van der Waals surface area contributed by atoms with Gasteiger partial charge in [-0.1, -0.05) is 23.7 Å². The van der Waals surface area contributed by atoms with Crippen LogP contribution in [-0.4, -0.2) is 14.5 Å². The summed E-state index contributed by atoms with van der Waals surface area (Å²) in [7, 11) is 0. The van der Waals surface area contributed by atoms with Crippen LogP contribution in [0, 0.1) is 0 Å². The third kappa shape index (κ3) is 1.85. The molecule has 0 spiro atoms. The van der Waals surface area contributed by atoms with Crippen molar-refractivity contribution in [2.75, 3.05) is 0 Å². The van der Waals surface area contributed by atoms with Gasteiger partial charge in [-0.2, -0.15) is 0 Å². The Hall–Kier alpha value is -2.00. The van der Waals surface area contributed by atoms with Crippen LogP contribution in [0.4, 0.5) is 0 Å². The third-order valence-corrected chi connectivity index (χ3v) is 2.79. The zero-order valence-electron chi connectivity index (χ0n) is 8.84. The largest absolute Gasteiger partial charge is 0.506 e. The van der Waals surface area contributed by atoms with Gasteiger partial charge < -0.3 is 9.51 Å². The van der Waals surface area contributed by atoms with Crippen molar-refractivity contribution in [2.45, 2.75) is 0 Å². The molecule has 3 rings (SSSR count). The van der Waals surface area contributed by atoms with Crippen LogP contribution in [0.3, 0.4) is 0 Å². The summed E-state index contributed by atoms with van der Waals surface area (Å²) >= 11 is 5.94. The van der Waals surface area contributed by atoms with E-state index in [0.29, 0.717) is 5.02 Å². The monoisotopic (exact) mass is 244 g/mol. The van der Waals surface area contributed by atoms with E-state index >= 15 is 0 Å². The van der Waals surface area contributed by atoms with Crippen molar-refractivity contribution in [2.24, 2.45) is 0 Å². The summed E-state index contributed by atoms with van der Waals surface area (Å²) in [5, 5.41) is 10.1. The molecule has 0 saturated carbocycles. The minimum Gasteiger partial charge on any atom is -0.506 e. The van der Waals surface area contributed by atoms with Crippen molar-refractivity contribution < 1.29 is 5.11 Å². The second-order valence-corrected chi connectivity index (χ2v) is 4.23. The first-order chi connectivity index (χ1) is 8.22. The van der Waals surface area contributed by atoms with Crippen LogP contribution in [0.5, 0.6) is 5.75 Å². The molecule has 1 N–H and O–H groups in total. The van der Waals surface area contributed by atoms with Crippen LogP contribution in [-0.2, 0) is 0 Å². The predicted octanol–water partition coefficient (Wildman–Crippen LogP) is 3.36. The van der Waals surface area contributed by atoms with E-state index in [2.05, 4.69) is 4.98 Å². The Bertz CT molecular complexity index is 691. The van der Waals surface area contributed by atoms with Gasteiger partial charge in [0.2, 0.25) is 0 Å². The Labute approximate surface area is 103 Å². The summed E-state index contributed by atoms with van der Waals surface area (Å²) < 4.78 is 1.78. The summed E-state index contributed by atoms with van der Waals surface area (Å²) in [6.07, 6.45) is 3.48. The lowest BCUT2D eigenvalue weighted by Crippen LogP contribution is -1.79. The van der Waals surface area contributed by atoms with E-state index in [1.54, 1.807) is 22.7 Å². The summed E-state index contributed by atoms with van der Waals surface area (Å²) in [4.78, 5) is 4.46. The Morgan fingerprint density at radius 3 is 2.82 bits per heavy atom. The van der Waals surface area contributed by atoms with Crippen LogP contribution >= 0.6 is 11.6 Å². The number of nitrogens with zero attached hydrogens (tertiary/aromatic N) is 2. The number of pyridine rings is 1. The molecule has 17 heavy (non-hydrogen) atoms. The van der Waals surface area contributed by atoms with Gasteiger partial charge in [-0.05, 0) is 24.3 Å². The minimum absolute atomic E-state index is 0.215. The van der Waals surface area contributed by atoms with E-state index in [1.807, 2.05) is 30.5 Å². The second-order valence-electron chi connectivity index (χ2n) is 3.79. The maximum Gasteiger partial charge on any atom is 0.137 e. The maximum absolute atomic E-state index is 9.38. The Morgan fingerprint density at radius 2 is 2.00 bits per heavy atom. The normalized spacial score (nSPS) is 10.9. The first-order valence-corrected chi connectivity index (χ1v) is 5.54. The molecule has 4 heteroatoms. The third-order valence-electron chi connectivity index (χ3n) is 2.56. The second kappa shape index (κ2) is 3.79. The molecule has 2 heterocycles. The highest BCUT2D eigenvalue weighted by atomic mass is 35.5. The molecule has 0 saturated heterocycles. The lowest BCUT2D eigenvalue weighted by Gasteiger charge is -1.95. The summed E-state index contributed by atoms with van der Waals surface area (Å²) in [6, 6.07) is 10.9. The fraction of sp³-hybridized carbons (Fsp3) is 0. The van der Waals surface area contributed by atoms with E-state index < -0.39 is 0 Å². The van der Waals surface area contributed by atoms with Crippen LogP contribution in [0.25, 0.3) is 16.9 Å². The van der Waals surface area contributed by atoms with E-state index in [1.165, 1.54) is 0 Å². The van der Waals surface area contributed by atoms with Crippen molar-refractivity contribution in [3.8, 4) is 17.0 Å². The first-order valence-electron chi connectivity index (χ1n) is 5.16. The molecule has 0 radical (unpaired) electrons. The molecule has 3 aromatic rings. The molecular weight excluding hydrogens is 236 g/mol. The molecule has 0 bridgehead atoms. The highest BCUT2D eigenvalue weighted by molar-refractivity contribution is 6.30.